The highest BCUT2D eigenvalue weighted by Crippen LogP contribution is 2.16. The van der Waals surface area contributed by atoms with E-state index < -0.39 is 6.10 Å². The van der Waals surface area contributed by atoms with Gasteiger partial charge in [0.05, 0.1) is 12.2 Å². The van der Waals surface area contributed by atoms with E-state index in [1.807, 2.05) is 31.2 Å². The number of aliphatic hydroxyl groups excluding tert-OH is 1. The van der Waals surface area contributed by atoms with Gasteiger partial charge in [-0.1, -0.05) is 24.3 Å². The highest BCUT2D eigenvalue weighted by atomic mass is 16.5. The molecular weight excluding hydrogens is 214 g/mol. The molecule has 1 aliphatic rings. The lowest BCUT2D eigenvalue weighted by Gasteiger charge is -2.16. The van der Waals surface area contributed by atoms with Gasteiger partial charge in [-0.05, 0) is 30.9 Å². The maximum Gasteiger partial charge on any atom is 0.0916 e. The van der Waals surface area contributed by atoms with Crippen LogP contribution < -0.4 is 5.32 Å². The van der Waals surface area contributed by atoms with Crippen LogP contribution in [0, 0.1) is 6.92 Å². The van der Waals surface area contributed by atoms with Gasteiger partial charge in [-0.3, -0.25) is 0 Å². The molecule has 2 atom stereocenters. The summed E-state index contributed by atoms with van der Waals surface area (Å²) in [6.45, 7) is 4.33. The van der Waals surface area contributed by atoms with E-state index in [0.717, 1.165) is 37.1 Å². The molecule has 94 valence electrons. The second-order valence-corrected chi connectivity index (χ2v) is 4.67. The summed E-state index contributed by atoms with van der Waals surface area (Å²) < 4.78 is 5.52. The summed E-state index contributed by atoms with van der Waals surface area (Å²) in [6, 6.07) is 7.96. The third-order valence-corrected chi connectivity index (χ3v) is 3.28. The summed E-state index contributed by atoms with van der Waals surface area (Å²) in [5.74, 6) is 0. The topological polar surface area (TPSA) is 41.5 Å². The van der Waals surface area contributed by atoms with Crippen LogP contribution in [0.3, 0.4) is 0 Å². The van der Waals surface area contributed by atoms with E-state index in [4.69, 9.17) is 4.74 Å². The van der Waals surface area contributed by atoms with Crippen LogP contribution in [0.25, 0.3) is 0 Å². The third kappa shape index (κ3) is 3.53. The molecule has 1 saturated heterocycles. The normalized spacial score (nSPS) is 21.6. The fourth-order valence-corrected chi connectivity index (χ4v) is 2.26. The smallest absolute Gasteiger partial charge is 0.0916 e. The molecule has 0 saturated carbocycles. The third-order valence-electron chi connectivity index (χ3n) is 3.28. The maximum atomic E-state index is 10.1. The van der Waals surface area contributed by atoms with Crippen LogP contribution in [-0.4, -0.2) is 30.9 Å². The molecule has 0 bridgehead atoms. The first-order valence-corrected chi connectivity index (χ1v) is 6.33. The fraction of sp³-hybridized carbons (Fsp3) is 0.571. The van der Waals surface area contributed by atoms with Crippen LogP contribution in [0.5, 0.6) is 0 Å². The average molecular weight is 235 g/mol. The largest absolute Gasteiger partial charge is 0.387 e. The van der Waals surface area contributed by atoms with E-state index >= 15 is 0 Å². The lowest BCUT2D eigenvalue weighted by Crippen LogP contribution is -2.30. The standard InChI is InChI=1S/C14H21NO2/c1-11-5-2-3-7-13(11)14(16)10-15-9-12-6-4-8-17-12/h2-3,5,7,12,14-16H,4,6,8-10H2,1H3. The molecule has 17 heavy (non-hydrogen) atoms. The quantitative estimate of drug-likeness (QED) is 0.817. The Bertz CT molecular complexity index is 348. The number of rotatable bonds is 5. The number of ether oxygens (including phenoxy) is 1. The van der Waals surface area contributed by atoms with E-state index in [0.29, 0.717) is 12.6 Å². The molecule has 1 aliphatic heterocycles. The maximum absolute atomic E-state index is 10.1. The summed E-state index contributed by atoms with van der Waals surface area (Å²) in [7, 11) is 0. The van der Waals surface area contributed by atoms with Crippen molar-refractivity contribution in [1.29, 1.82) is 0 Å². The van der Waals surface area contributed by atoms with Crippen molar-refractivity contribution in [1.82, 2.24) is 5.32 Å². The van der Waals surface area contributed by atoms with Crippen LogP contribution in [-0.2, 0) is 4.74 Å². The highest BCUT2D eigenvalue weighted by molar-refractivity contribution is 5.27. The van der Waals surface area contributed by atoms with E-state index in [2.05, 4.69) is 5.32 Å². The van der Waals surface area contributed by atoms with Gasteiger partial charge in [0.1, 0.15) is 0 Å². The van der Waals surface area contributed by atoms with E-state index in [-0.39, 0.29) is 0 Å². The molecule has 0 aromatic heterocycles. The number of nitrogens with one attached hydrogen (secondary N) is 1. The van der Waals surface area contributed by atoms with Gasteiger partial charge in [0.2, 0.25) is 0 Å². The van der Waals surface area contributed by atoms with Gasteiger partial charge in [-0.25, -0.2) is 0 Å². The molecule has 3 heteroatoms. The van der Waals surface area contributed by atoms with Crippen molar-refractivity contribution in [2.75, 3.05) is 19.7 Å². The van der Waals surface area contributed by atoms with Crippen molar-refractivity contribution in [3.63, 3.8) is 0 Å². The second-order valence-electron chi connectivity index (χ2n) is 4.67. The fourth-order valence-electron chi connectivity index (χ4n) is 2.26. The Balaban J connectivity index is 1.77. The molecule has 2 N–H and O–H groups in total. The van der Waals surface area contributed by atoms with Gasteiger partial charge in [-0.15, -0.1) is 0 Å². The Kier molecular flexibility index (Phi) is 4.54. The van der Waals surface area contributed by atoms with Crippen molar-refractivity contribution in [2.45, 2.75) is 32.0 Å². The molecule has 2 rings (SSSR count). The summed E-state index contributed by atoms with van der Waals surface area (Å²) in [5.41, 5.74) is 2.14. The van der Waals surface area contributed by atoms with Gasteiger partial charge in [0.25, 0.3) is 0 Å². The van der Waals surface area contributed by atoms with Gasteiger partial charge in [0, 0.05) is 19.7 Å². The average Bonchev–Trinajstić information content (AvgIpc) is 2.82. The monoisotopic (exact) mass is 235 g/mol. The predicted octanol–water partition coefficient (Wildman–Crippen LogP) is 1.80. The Morgan fingerprint density at radius 3 is 3.00 bits per heavy atom. The van der Waals surface area contributed by atoms with Crippen molar-refractivity contribution in [3.05, 3.63) is 35.4 Å². The van der Waals surface area contributed by atoms with Crippen LogP contribution in [0.1, 0.15) is 30.1 Å². The second kappa shape index (κ2) is 6.15. The Morgan fingerprint density at radius 1 is 1.47 bits per heavy atom. The molecule has 1 aromatic carbocycles. The zero-order chi connectivity index (χ0) is 12.1. The van der Waals surface area contributed by atoms with Crippen LogP contribution >= 0.6 is 0 Å². The summed E-state index contributed by atoms with van der Waals surface area (Å²) in [5, 5.41) is 13.3. The molecule has 3 nitrogen and oxygen atoms in total. The molecular formula is C14H21NO2. The Morgan fingerprint density at radius 2 is 2.29 bits per heavy atom. The molecule has 0 amide bonds. The highest BCUT2D eigenvalue weighted by Gasteiger charge is 2.16. The first-order valence-electron chi connectivity index (χ1n) is 6.33. The minimum Gasteiger partial charge on any atom is -0.387 e. The van der Waals surface area contributed by atoms with Crippen molar-refractivity contribution in [3.8, 4) is 0 Å². The van der Waals surface area contributed by atoms with Crippen molar-refractivity contribution < 1.29 is 9.84 Å². The van der Waals surface area contributed by atoms with E-state index in [1.165, 1.54) is 0 Å². The van der Waals surface area contributed by atoms with Crippen LogP contribution in [0.4, 0.5) is 0 Å². The zero-order valence-corrected chi connectivity index (χ0v) is 10.4. The molecule has 0 aliphatic carbocycles. The number of benzene rings is 1. The first-order chi connectivity index (χ1) is 8.27. The minimum atomic E-state index is -0.433. The van der Waals surface area contributed by atoms with E-state index in [1.54, 1.807) is 0 Å². The lowest BCUT2D eigenvalue weighted by atomic mass is 10.0. The predicted molar refractivity (Wildman–Crippen MR) is 68.0 cm³/mol. The zero-order valence-electron chi connectivity index (χ0n) is 10.4. The molecule has 2 unspecified atom stereocenters. The van der Waals surface area contributed by atoms with Crippen LogP contribution in [0.15, 0.2) is 24.3 Å². The SMILES string of the molecule is Cc1ccccc1C(O)CNCC1CCCO1. The van der Waals surface area contributed by atoms with Gasteiger partial charge < -0.3 is 15.2 Å². The molecule has 1 aromatic rings. The number of hydrogen-bond donors (Lipinski definition) is 2. The van der Waals surface area contributed by atoms with E-state index in [9.17, 15) is 5.11 Å². The molecule has 0 radical (unpaired) electrons. The first kappa shape index (κ1) is 12.6. The number of hydrogen-bond acceptors (Lipinski definition) is 3. The summed E-state index contributed by atoms with van der Waals surface area (Å²) in [6.07, 6.45) is 2.19. The molecule has 0 spiro atoms. The van der Waals surface area contributed by atoms with Gasteiger partial charge >= 0.3 is 0 Å². The molecule has 1 fully saturated rings. The van der Waals surface area contributed by atoms with Crippen molar-refractivity contribution in [2.24, 2.45) is 0 Å². The van der Waals surface area contributed by atoms with Crippen LogP contribution in [0.2, 0.25) is 0 Å². The lowest BCUT2D eigenvalue weighted by molar-refractivity contribution is 0.103. The Hall–Kier alpha value is -0.900. The summed E-state index contributed by atoms with van der Waals surface area (Å²) >= 11 is 0. The van der Waals surface area contributed by atoms with Gasteiger partial charge in [0.15, 0.2) is 0 Å². The summed E-state index contributed by atoms with van der Waals surface area (Å²) in [4.78, 5) is 0. The van der Waals surface area contributed by atoms with Crippen molar-refractivity contribution >= 4 is 0 Å². The Labute approximate surface area is 103 Å². The number of aryl methyl sites for hydroxylation is 1. The molecule has 1 heterocycles. The minimum absolute atomic E-state index is 0.332. The number of aliphatic hydroxyl groups is 1. The van der Waals surface area contributed by atoms with Gasteiger partial charge in [-0.2, -0.15) is 0 Å².